The zero-order valence-corrected chi connectivity index (χ0v) is 17.9. The van der Waals surface area contributed by atoms with Gasteiger partial charge in [-0.3, -0.25) is 4.79 Å². The summed E-state index contributed by atoms with van der Waals surface area (Å²) in [6.45, 7) is 5.96. The summed E-state index contributed by atoms with van der Waals surface area (Å²) in [7, 11) is 0. The molecule has 1 fully saturated rings. The highest BCUT2D eigenvalue weighted by Crippen LogP contribution is 2.32. The highest BCUT2D eigenvalue weighted by atomic mass is 16.5. The predicted octanol–water partition coefficient (Wildman–Crippen LogP) is 2.03. The topological polar surface area (TPSA) is 126 Å². The number of nitrogens with zero attached hydrogens (tertiary/aromatic N) is 5. The van der Waals surface area contributed by atoms with Crippen molar-refractivity contribution in [2.24, 2.45) is 0 Å². The first-order chi connectivity index (χ1) is 15.6. The molecule has 0 unspecified atom stereocenters. The molecule has 0 saturated carbocycles. The van der Waals surface area contributed by atoms with Crippen molar-refractivity contribution in [2.45, 2.75) is 39.1 Å². The summed E-state index contributed by atoms with van der Waals surface area (Å²) in [5, 5.41) is 9.22. The van der Waals surface area contributed by atoms with E-state index in [-0.39, 0.29) is 18.0 Å². The number of nitrogens with two attached hydrogens (primary N) is 1. The van der Waals surface area contributed by atoms with Crippen molar-refractivity contribution < 1.29 is 19.0 Å². The molecule has 166 valence electrons. The third kappa shape index (κ3) is 3.51. The maximum absolute atomic E-state index is 13.6. The van der Waals surface area contributed by atoms with Gasteiger partial charge in [0.25, 0.3) is 5.91 Å². The first kappa shape index (κ1) is 20.5. The highest BCUT2D eigenvalue weighted by Gasteiger charge is 2.36. The van der Waals surface area contributed by atoms with Crippen LogP contribution in [0, 0.1) is 0 Å². The van der Waals surface area contributed by atoms with E-state index in [1.165, 1.54) is 0 Å². The van der Waals surface area contributed by atoms with Crippen molar-refractivity contribution in [1.29, 1.82) is 0 Å². The summed E-state index contributed by atoms with van der Waals surface area (Å²) in [5.74, 6) is 0.688. The van der Waals surface area contributed by atoms with Gasteiger partial charge in [-0.1, -0.05) is 0 Å². The van der Waals surface area contributed by atoms with Crippen molar-refractivity contribution in [2.75, 3.05) is 25.6 Å². The van der Waals surface area contributed by atoms with Gasteiger partial charge in [0.05, 0.1) is 62.5 Å². The lowest BCUT2D eigenvalue weighted by Crippen LogP contribution is -2.49. The largest absolute Gasteiger partial charge is 0.477 e. The van der Waals surface area contributed by atoms with E-state index in [0.717, 1.165) is 16.5 Å². The number of morpholine rings is 1. The molecular formula is C22H24N6O4. The molecule has 2 atom stereocenters. The van der Waals surface area contributed by atoms with E-state index in [0.29, 0.717) is 61.6 Å². The number of ether oxygens (including phenoxy) is 3. The Kier molecular flexibility index (Phi) is 5.32. The van der Waals surface area contributed by atoms with Crippen molar-refractivity contribution in [3.8, 4) is 5.88 Å². The van der Waals surface area contributed by atoms with Gasteiger partial charge < -0.3 is 24.8 Å². The highest BCUT2D eigenvalue weighted by molar-refractivity contribution is 5.97. The molecule has 32 heavy (non-hydrogen) atoms. The molecule has 0 bridgehead atoms. The van der Waals surface area contributed by atoms with Crippen LogP contribution in [-0.4, -0.2) is 56.8 Å². The number of amides is 1. The Morgan fingerprint density at radius 2 is 2.06 bits per heavy atom. The Labute approximate surface area is 184 Å². The predicted molar refractivity (Wildman–Crippen MR) is 115 cm³/mol. The minimum absolute atomic E-state index is 0.161. The number of fused-ring (bicyclic) bond motifs is 3. The smallest absolute Gasteiger partial charge is 0.273 e. The van der Waals surface area contributed by atoms with Crippen molar-refractivity contribution >= 4 is 22.6 Å². The summed E-state index contributed by atoms with van der Waals surface area (Å²) < 4.78 is 16.7. The van der Waals surface area contributed by atoms with Gasteiger partial charge in [-0.25, -0.2) is 9.97 Å². The third-order valence-corrected chi connectivity index (χ3v) is 5.81. The Morgan fingerprint density at radius 1 is 1.22 bits per heavy atom. The van der Waals surface area contributed by atoms with E-state index in [4.69, 9.17) is 19.9 Å². The molecule has 0 radical (unpaired) electrons. The number of hydrogen-bond acceptors (Lipinski definition) is 9. The molecule has 3 aromatic heterocycles. The Morgan fingerprint density at radius 3 is 2.84 bits per heavy atom. The van der Waals surface area contributed by atoms with Crippen molar-refractivity contribution in [3.05, 3.63) is 46.9 Å². The van der Waals surface area contributed by atoms with E-state index in [9.17, 15) is 4.79 Å². The number of rotatable bonds is 4. The average Bonchev–Trinajstić information content (AvgIpc) is 3.30. The Balaban J connectivity index is 1.51. The zero-order valence-electron chi connectivity index (χ0n) is 17.9. The van der Waals surface area contributed by atoms with Crippen molar-refractivity contribution in [1.82, 2.24) is 25.1 Å². The van der Waals surface area contributed by atoms with Gasteiger partial charge in [0, 0.05) is 17.0 Å². The van der Waals surface area contributed by atoms with E-state index in [1.54, 1.807) is 23.2 Å². The van der Waals surface area contributed by atoms with Crippen LogP contribution in [0.5, 0.6) is 5.88 Å². The molecule has 2 aliphatic rings. The minimum Gasteiger partial charge on any atom is -0.477 e. The molecule has 5 heterocycles. The quantitative estimate of drug-likeness (QED) is 0.654. The first-order valence-electron chi connectivity index (χ1n) is 10.6. The molecule has 3 aromatic rings. The van der Waals surface area contributed by atoms with Crippen LogP contribution in [0.25, 0.3) is 10.9 Å². The van der Waals surface area contributed by atoms with Gasteiger partial charge >= 0.3 is 0 Å². The molecular weight excluding hydrogens is 412 g/mol. The van der Waals surface area contributed by atoms with Crippen LogP contribution in [0.3, 0.4) is 0 Å². The van der Waals surface area contributed by atoms with Gasteiger partial charge in [0.15, 0.2) is 0 Å². The molecule has 0 spiro atoms. The molecule has 1 amide bonds. The molecule has 10 nitrogen and oxygen atoms in total. The van der Waals surface area contributed by atoms with Crippen LogP contribution in [0.1, 0.15) is 47.2 Å². The summed E-state index contributed by atoms with van der Waals surface area (Å²) >= 11 is 0. The van der Waals surface area contributed by atoms with Gasteiger partial charge in [-0.05, 0) is 31.5 Å². The normalized spacial score (nSPS) is 20.4. The van der Waals surface area contributed by atoms with E-state index < -0.39 is 0 Å². The molecule has 2 aliphatic heterocycles. The lowest BCUT2D eigenvalue weighted by molar-refractivity contribution is -0.0332. The van der Waals surface area contributed by atoms with Gasteiger partial charge in [0.2, 0.25) is 5.88 Å². The van der Waals surface area contributed by atoms with Crippen LogP contribution in [0.4, 0.5) is 5.82 Å². The third-order valence-electron chi connectivity index (χ3n) is 5.81. The van der Waals surface area contributed by atoms with Gasteiger partial charge in [-0.15, -0.1) is 10.2 Å². The second-order valence-electron chi connectivity index (χ2n) is 7.88. The second kappa shape index (κ2) is 8.29. The maximum Gasteiger partial charge on any atom is 0.273 e. The first-order valence-corrected chi connectivity index (χ1v) is 10.6. The fraction of sp³-hybridized carbons (Fsp3) is 0.409. The van der Waals surface area contributed by atoms with Crippen molar-refractivity contribution in [3.63, 3.8) is 0 Å². The van der Waals surface area contributed by atoms with Gasteiger partial charge in [-0.2, -0.15) is 0 Å². The standard InChI is InChI=1S/C22H24N6O4/c1-3-32-20-5-4-16(26-27-20)19-11-30-8-12(2)28(19)22(29)17-6-13-14-9-31-10-15(14)21(23)25-18(13)7-24-17/h4-7,12,19H,3,8-11H2,1-2H3,(H2,23,25)/t12-,19-/m1/s1. The molecule has 5 rings (SSSR count). The van der Waals surface area contributed by atoms with Crippen LogP contribution < -0.4 is 10.5 Å². The number of anilines is 1. The summed E-state index contributed by atoms with van der Waals surface area (Å²) in [5.41, 5.74) is 9.51. The van der Waals surface area contributed by atoms with E-state index in [1.807, 2.05) is 19.9 Å². The lowest BCUT2D eigenvalue weighted by atomic mass is 10.0. The van der Waals surface area contributed by atoms with Crippen LogP contribution in [0.15, 0.2) is 24.4 Å². The number of carbonyl (C=O) groups is 1. The average molecular weight is 436 g/mol. The Bertz CT molecular complexity index is 1170. The number of hydrogen-bond donors (Lipinski definition) is 1. The number of carbonyl (C=O) groups excluding carboxylic acids is 1. The monoisotopic (exact) mass is 436 g/mol. The molecule has 1 saturated heterocycles. The molecule has 0 aromatic carbocycles. The second-order valence-corrected chi connectivity index (χ2v) is 7.88. The number of nitrogen functional groups attached to an aromatic ring is 1. The van der Waals surface area contributed by atoms with Crippen LogP contribution in [-0.2, 0) is 22.7 Å². The molecule has 0 aliphatic carbocycles. The fourth-order valence-corrected chi connectivity index (χ4v) is 4.24. The molecule has 10 heteroatoms. The lowest BCUT2D eigenvalue weighted by Gasteiger charge is -2.39. The van der Waals surface area contributed by atoms with Gasteiger partial charge in [0.1, 0.15) is 11.5 Å². The van der Waals surface area contributed by atoms with E-state index in [2.05, 4.69) is 20.2 Å². The number of aromatic nitrogens is 4. The fourth-order valence-electron chi connectivity index (χ4n) is 4.24. The zero-order chi connectivity index (χ0) is 22.2. The maximum atomic E-state index is 13.6. The minimum atomic E-state index is -0.384. The summed E-state index contributed by atoms with van der Waals surface area (Å²) in [4.78, 5) is 24.2. The van der Waals surface area contributed by atoms with Crippen LogP contribution >= 0.6 is 0 Å². The van der Waals surface area contributed by atoms with E-state index >= 15 is 0 Å². The molecule has 2 N–H and O–H groups in total. The Hall–Kier alpha value is -3.37. The summed E-state index contributed by atoms with van der Waals surface area (Å²) in [6, 6.07) is 4.80. The van der Waals surface area contributed by atoms with Crippen LogP contribution in [0.2, 0.25) is 0 Å². The number of pyridine rings is 2. The summed E-state index contributed by atoms with van der Waals surface area (Å²) in [6.07, 6.45) is 1.59. The SMILES string of the molecule is CCOc1ccc([C@H]2COC[C@@H](C)N2C(=O)c2cc3c4c(c(N)nc3cn2)COC4)nn1.